The first-order valence-corrected chi connectivity index (χ1v) is 6.32. The van der Waals surface area contributed by atoms with Gasteiger partial charge in [0, 0.05) is 18.8 Å². The van der Waals surface area contributed by atoms with Gasteiger partial charge in [-0.15, -0.1) is 0 Å². The first-order chi connectivity index (χ1) is 8.56. The molecular weight excluding hydrogens is 228 g/mol. The van der Waals surface area contributed by atoms with Crippen molar-refractivity contribution < 1.29 is 9.53 Å². The number of anilines is 1. The number of hydrogen-bond acceptors (Lipinski definition) is 4. The van der Waals surface area contributed by atoms with E-state index in [1.807, 2.05) is 6.92 Å². The number of hydrogen-bond donors (Lipinski definition) is 1. The van der Waals surface area contributed by atoms with Crippen molar-refractivity contribution in [2.45, 2.75) is 25.9 Å². The van der Waals surface area contributed by atoms with Crippen LogP contribution in [0.3, 0.4) is 0 Å². The second kappa shape index (κ2) is 5.40. The van der Waals surface area contributed by atoms with E-state index in [9.17, 15) is 4.79 Å². The van der Waals surface area contributed by atoms with E-state index in [2.05, 4.69) is 11.9 Å². The van der Waals surface area contributed by atoms with Crippen LogP contribution >= 0.6 is 0 Å². The van der Waals surface area contributed by atoms with E-state index in [1.54, 1.807) is 18.2 Å². The maximum Gasteiger partial charge on any atom is 0.338 e. The van der Waals surface area contributed by atoms with Crippen LogP contribution in [0.2, 0.25) is 0 Å². The first kappa shape index (κ1) is 12.9. The first-order valence-electron chi connectivity index (χ1n) is 6.32. The lowest BCUT2D eigenvalue weighted by atomic mass is 10.1. The van der Waals surface area contributed by atoms with Crippen LogP contribution in [0.25, 0.3) is 0 Å². The summed E-state index contributed by atoms with van der Waals surface area (Å²) in [5.41, 5.74) is 7.92. The molecule has 0 amide bonds. The van der Waals surface area contributed by atoms with E-state index in [0.29, 0.717) is 11.3 Å². The Morgan fingerprint density at radius 1 is 1.39 bits per heavy atom. The second-order valence-electron chi connectivity index (χ2n) is 4.98. The van der Waals surface area contributed by atoms with E-state index < -0.39 is 0 Å². The minimum atomic E-state index is -0.243. The predicted octanol–water partition coefficient (Wildman–Crippen LogP) is 1.83. The molecule has 2 rings (SSSR count). The average molecular weight is 248 g/mol. The minimum absolute atomic E-state index is 0.0477. The molecule has 0 bridgehead atoms. The number of benzene rings is 1. The van der Waals surface area contributed by atoms with Crippen molar-refractivity contribution in [2.24, 2.45) is 0 Å². The molecule has 0 unspecified atom stereocenters. The topological polar surface area (TPSA) is 55.6 Å². The third-order valence-electron chi connectivity index (χ3n) is 3.44. The van der Waals surface area contributed by atoms with Crippen LogP contribution < -0.4 is 5.73 Å². The SMILES string of the molecule is Cc1cc(C(=O)OC2CCN(C)CC2)ccc1N. The number of ether oxygens (including phenoxy) is 1. The van der Waals surface area contributed by atoms with Gasteiger partial charge in [0.1, 0.15) is 6.10 Å². The van der Waals surface area contributed by atoms with Gasteiger partial charge in [0.05, 0.1) is 5.56 Å². The lowest BCUT2D eigenvalue weighted by Gasteiger charge is -2.28. The van der Waals surface area contributed by atoms with E-state index in [4.69, 9.17) is 10.5 Å². The summed E-state index contributed by atoms with van der Waals surface area (Å²) in [4.78, 5) is 14.2. The number of nitrogens with two attached hydrogens (primary N) is 1. The van der Waals surface area contributed by atoms with Crippen LogP contribution in [-0.2, 0) is 4.74 Å². The van der Waals surface area contributed by atoms with Gasteiger partial charge in [-0.25, -0.2) is 4.79 Å². The van der Waals surface area contributed by atoms with E-state index in [0.717, 1.165) is 31.5 Å². The maximum absolute atomic E-state index is 12.0. The zero-order valence-corrected chi connectivity index (χ0v) is 11.0. The Balaban J connectivity index is 1.97. The highest BCUT2D eigenvalue weighted by atomic mass is 16.5. The third-order valence-corrected chi connectivity index (χ3v) is 3.44. The Morgan fingerprint density at radius 3 is 2.67 bits per heavy atom. The van der Waals surface area contributed by atoms with Crippen molar-refractivity contribution in [2.75, 3.05) is 25.9 Å². The van der Waals surface area contributed by atoms with Gasteiger partial charge in [0.15, 0.2) is 0 Å². The molecule has 1 aliphatic heterocycles. The van der Waals surface area contributed by atoms with Gasteiger partial charge in [-0.05, 0) is 50.6 Å². The minimum Gasteiger partial charge on any atom is -0.459 e. The number of carbonyl (C=O) groups excluding carboxylic acids is 1. The summed E-state index contributed by atoms with van der Waals surface area (Å²) in [7, 11) is 2.08. The fourth-order valence-corrected chi connectivity index (χ4v) is 2.12. The Bertz CT molecular complexity index is 437. The zero-order chi connectivity index (χ0) is 13.1. The summed E-state index contributed by atoms with van der Waals surface area (Å²) in [5, 5.41) is 0. The molecule has 0 aromatic heterocycles. The van der Waals surface area contributed by atoms with Crippen molar-refractivity contribution in [3.8, 4) is 0 Å². The molecule has 0 spiro atoms. The summed E-state index contributed by atoms with van der Waals surface area (Å²) >= 11 is 0. The van der Waals surface area contributed by atoms with E-state index in [1.165, 1.54) is 0 Å². The van der Waals surface area contributed by atoms with Crippen LogP contribution in [0.4, 0.5) is 5.69 Å². The normalized spacial score (nSPS) is 17.7. The Hall–Kier alpha value is -1.55. The van der Waals surface area contributed by atoms with Gasteiger partial charge < -0.3 is 15.4 Å². The summed E-state index contributed by atoms with van der Waals surface area (Å²) < 4.78 is 5.51. The highest BCUT2D eigenvalue weighted by Gasteiger charge is 2.21. The summed E-state index contributed by atoms with van der Waals surface area (Å²) in [6.45, 7) is 3.86. The van der Waals surface area contributed by atoms with Crippen LogP contribution in [0.5, 0.6) is 0 Å². The molecular formula is C14H20N2O2. The number of nitrogens with zero attached hydrogens (tertiary/aromatic N) is 1. The van der Waals surface area contributed by atoms with Crippen molar-refractivity contribution in [1.29, 1.82) is 0 Å². The standard InChI is InChI=1S/C14H20N2O2/c1-10-9-11(3-4-13(10)15)14(17)18-12-5-7-16(2)8-6-12/h3-4,9,12H,5-8,15H2,1-2H3. The highest BCUT2D eigenvalue weighted by molar-refractivity contribution is 5.90. The number of rotatable bonds is 2. The molecule has 1 aliphatic rings. The van der Waals surface area contributed by atoms with E-state index in [-0.39, 0.29) is 12.1 Å². The molecule has 98 valence electrons. The van der Waals surface area contributed by atoms with E-state index >= 15 is 0 Å². The van der Waals surface area contributed by atoms with Crippen molar-refractivity contribution in [1.82, 2.24) is 4.90 Å². The van der Waals surface area contributed by atoms with Gasteiger partial charge >= 0.3 is 5.97 Å². The molecule has 1 aromatic rings. The van der Waals surface area contributed by atoms with Crippen molar-refractivity contribution in [3.05, 3.63) is 29.3 Å². The van der Waals surface area contributed by atoms with Gasteiger partial charge in [0.2, 0.25) is 0 Å². The smallest absolute Gasteiger partial charge is 0.338 e. The van der Waals surface area contributed by atoms with Gasteiger partial charge in [-0.2, -0.15) is 0 Å². The molecule has 4 heteroatoms. The lowest BCUT2D eigenvalue weighted by molar-refractivity contribution is 0.0139. The molecule has 2 N–H and O–H groups in total. The molecule has 1 fully saturated rings. The predicted molar refractivity (Wildman–Crippen MR) is 71.5 cm³/mol. The number of esters is 1. The van der Waals surface area contributed by atoms with Gasteiger partial charge in [-0.1, -0.05) is 0 Å². The van der Waals surface area contributed by atoms with Crippen LogP contribution in [-0.4, -0.2) is 37.1 Å². The largest absolute Gasteiger partial charge is 0.459 e. The molecule has 0 aliphatic carbocycles. The lowest BCUT2D eigenvalue weighted by Crippen LogP contribution is -2.35. The third kappa shape index (κ3) is 3.01. The fraction of sp³-hybridized carbons (Fsp3) is 0.500. The highest BCUT2D eigenvalue weighted by Crippen LogP contribution is 2.17. The zero-order valence-electron chi connectivity index (χ0n) is 11.0. The molecule has 1 heterocycles. The number of nitrogen functional groups attached to an aromatic ring is 1. The van der Waals surface area contributed by atoms with Crippen LogP contribution in [0.1, 0.15) is 28.8 Å². The van der Waals surface area contributed by atoms with Gasteiger partial charge in [-0.3, -0.25) is 0 Å². The Kier molecular flexibility index (Phi) is 3.87. The molecule has 0 atom stereocenters. The summed E-state index contributed by atoms with van der Waals surface area (Å²) in [6.07, 6.45) is 1.87. The molecule has 0 radical (unpaired) electrons. The number of carbonyl (C=O) groups is 1. The van der Waals surface area contributed by atoms with Crippen LogP contribution in [0.15, 0.2) is 18.2 Å². The summed E-state index contributed by atoms with van der Waals surface area (Å²) in [5.74, 6) is -0.243. The molecule has 1 aromatic carbocycles. The fourth-order valence-electron chi connectivity index (χ4n) is 2.12. The molecule has 4 nitrogen and oxygen atoms in total. The summed E-state index contributed by atoms with van der Waals surface area (Å²) in [6, 6.07) is 5.26. The number of piperidine rings is 1. The molecule has 18 heavy (non-hydrogen) atoms. The monoisotopic (exact) mass is 248 g/mol. The van der Waals surface area contributed by atoms with Crippen molar-refractivity contribution >= 4 is 11.7 Å². The number of likely N-dealkylation sites (tertiary alicyclic amines) is 1. The molecule has 1 saturated heterocycles. The Labute approximate surface area is 108 Å². The Morgan fingerprint density at radius 2 is 2.06 bits per heavy atom. The van der Waals surface area contributed by atoms with Crippen LogP contribution in [0, 0.1) is 6.92 Å². The second-order valence-corrected chi connectivity index (χ2v) is 4.98. The quantitative estimate of drug-likeness (QED) is 0.641. The van der Waals surface area contributed by atoms with Crippen molar-refractivity contribution in [3.63, 3.8) is 0 Å². The average Bonchev–Trinajstić information content (AvgIpc) is 2.35. The maximum atomic E-state index is 12.0. The molecule has 0 saturated carbocycles. The number of aryl methyl sites for hydroxylation is 1. The van der Waals surface area contributed by atoms with Gasteiger partial charge in [0.25, 0.3) is 0 Å².